The van der Waals surface area contributed by atoms with E-state index in [0.717, 1.165) is 16.5 Å². The molecule has 0 fully saturated rings. The highest BCUT2D eigenvalue weighted by Crippen LogP contribution is 2.22. The lowest BCUT2D eigenvalue weighted by Gasteiger charge is -2.23. The van der Waals surface area contributed by atoms with Gasteiger partial charge in [-0.25, -0.2) is 0 Å². The second-order valence-electron chi connectivity index (χ2n) is 4.42. The molecule has 90 valence electrons. The Morgan fingerprint density at radius 1 is 1.47 bits per heavy atom. The zero-order valence-corrected chi connectivity index (χ0v) is 9.95. The van der Waals surface area contributed by atoms with E-state index in [1.54, 1.807) is 14.0 Å². The second kappa shape index (κ2) is 4.22. The van der Waals surface area contributed by atoms with E-state index in [9.17, 15) is 9.90 Å². The number of H-pyrrole nitrogens is 1. The molecule has 0 spiro atoms. The maximum absolute atomic E-state index is 11.2. The number of aromatic nitrogens is 1. The van der Waals surface area contributed by atoms with Crippen molar-refractivity contribution in [2.24, 2.45) is 0 Å². The lowest BCUT2D eigenvalue weighted by atomic mass is 9.93. The van der Waals surface area contributed by atoms with E-state index in [4.69, 9.17) is 0 Å². The Labute approximate surface area is 99.7 Å². The number of likely N-dealkylation sites (N-methyl/N-ethyl adjacent to an activating group) is 1. The topological polar surface area (TPSA) is 65.1 Å². The fourth-order valence-electron chi connectivity index (χ4n) is 1.93. The van der Waals surface area contributed by atoms with Gasteiger partial charge in [-0.05, 0) is 25.6 Å². The number of aromatic amines is 1. The molecule has 0 radical (unpaired) electrons. The van der Waals surface area contributed by atoms with Crippen molar-refractivity contribution in [1.82, 2.24) is 10.3 Å². The Morgan fingerprint density at radius 2 is 2.18 bits per heavy atom. The fraction of sp³-hybridized carbons (Fsp3) is 0.308. The predicted molar refractivity (Wildman–Crippen MR) is 67.1 cm³/mol. The van der Waals surface area contributed by atoms with Crippen molar-refractivity contribution in [3.8, 4) is 0 Å². The van der Waals surface area contributed by atoms with Gasteiger partial charge in [0, 0.05) is 23.5 Å². The Hall–Kier alpha value is -1.81. The van der Waals surface area contributed by atoms with Gasteiger partial charge < -0.3 is 15.4 Å². The first-order valence-electron chi connectivity index (χ1n) is 5.54. The van der Waals surface area contributed by atoms with Gasteiger partial charge in [-0.3, -0.25) is 4.79 Å². The standard InChI is InChI=1S/C13H16N2O2/c1-13(14-2,12(16)17)7-9-8-15-11-6-4-3-5-10(9)11/h3-6,8,14-15H,7H2,1-2H3,(H,16,17). The number of nitrogens with one attached hydrogen (secondary N) is 2. The Kier molecular flexibility index (Phi) is 2.90. The highest BCUT2D eigenvalue weighted by Gasteiger charge is 2.32. The Bertz CT molecular complexity index is 547. The molecule has 17 heavy (non-hydrogen) atoms. The van der Waals surface area contributed by atoms with E-state index in [2.05, 4.69) is 10.3 Å². The van der Waals surface area contributed by atoms with Crippen LogP contribution in [0, 0.1) is 0 Å². The third-order valence-corrected chi connectivity index (χ3v) is 3.24. The van der Waals surface area contributed by atoms with E-state index in [-0.39, 0.29) is 0 Å². The molecule has 1 unspecified atom stereocenters. The quantitative estimate of drug-likeness (QED) is 0.752. The summed E-state index contributed by atoms with van der Waals surface area (Å²) in [5, 5.41) is 13.2. The van der Waals surface area contributed by atoms with Gasteiger partial charge in [-0.1, -0.05) is 18.2 Å². The fourth-order valence-corrected chi connectivity index (χ4v) is 1.93. The number of benzene rings is 1. The van der Waals surface area contributed by atoms with Crippen molar-refractivity contribution in [3.05, 3.63) is 36.0 Å². The first kappa shape index (κ1) is 11.7. The van der Waals surface area contributed by atoms with Crippen molar-refractivity contribution in [2.45, 2.75) is 18.9 Å². The van der Waals surface area contributed by atoms with Crippen molar-refractivity contribution in [3.63, 3.8) is 0 Å². The molecular weight excluding hydrogens is 216 g/mol. The number of hydrogen-bond donors (Lipinski definition) is 3. The number of carboxylic acid groups (broad SMARTS) is 1. The first-order chi connectivity index (χ1) is 8.07. The van der Waals surface area contributed by atoms with Crippen molar-refractivity contribution >= 4 is 16.9 Å². The lowest BCUT2D eigenvalue weighted by Crippen LogP contribution is -2.49. The summed E-state index contributed by atoms with van der Waals surface area (Å²) < 4.78 is 0. The van der Waals surface area contributed by atoms with Crippen LogP contribution in [-0.2, 0) is 11.2 Å². The molecule has 0 saturated heterocycles. The molecule has 1 heterocycles. The Balaban J connectivity index is 2.38. The molecule has 3 N–H and O–H groups in total. The summed E-state index contributed by atoms with van der Waals surface area (Å²) in [6.45, 7) is 1.69. The van der Waals surface area contributed by atoms with Crippen molar-refractivity contribution in [2.75, 3.05) is 7.05 Å². The van der Waals surface area contributed by atoms with Gasteiger partial charge in [-0.15, -0.1) is 0 Å². The number of aliphatic carboxylic acids is 1. The van der Waals surface area contributed by atoms with Crippen molar-refractivity contribution in [1.29, 1.82) is 0 Å². The van der Waals surface area contributed by atoms with Gasteiger partial charge in [0.25, 0.3) is 0 Å². The van der Waals surface area contributed by atoms with Crippen molar-refractivity contribution < 1.29 is 9.90 Å². The normalized spacial score (nSPS) is 14.7. The molecule has 0 saturated carbocycles. The van der Waals surface area contributed by atoms with Crippen LogP contribution >= 0.6 is 0 Å². The maximum Gasteiger partial charge on any atom is 0.323 e. The van der Waals surface area contributed by atoms with Gasteiger partial charge in [-0.2, -0.15) is 0 Å². The summed E-state index contributed by atoms with van der Waals surface area (Å²) in [5.41, 5.74) is 1.11. The smallest absolute Gasteiger partial charge is 0.323 e. The van der Waals surface area contributed by atoms with Gasteiger partial charge in [0.15, 0.2) is 0 Å². The summed E-state index contributed by atoms with van der Waals surface area (Å²) in [6.07, 6.45) is 2.33. The Morgan fingerprint density at radius 3 is 2.82 bits per heavy atom. The van der Waals surface area contributed by atoms with Gasteiger partial charge in [0.2, 0.25) is 0 Å². The zero-order valence-electron chi connectivity index (χ0n) is 9.95. The van der Waals surface area contributed by atoms with Crippen LogP contribution in [0.2, 0.25) is 0 Å². The van der Waals surface area contributed by atoms with Crippen LogP contribution in [-0.4, -0.2) is 28.6 Å². The molecule has 0 aliphatic rings. The van der Waals surface area contributed by atoms with Crippen LogP contribution in [0.15, 0.2) is 30.5 Å². The first-order valence-corrected chi connectivity index (χ1v) is 5.54. The molecule has 1 atom stereocenters. The maximum atomic E-state index is 11.2. The average molecular weight is 232 g/mol. The third-order valence-electron chi connectivity index (χ3n) is 3.24. The van der Waals surface area contributed by atoms with Gasteiger partial charge >= 0.3 is 5.97 Å². The van der Waals surface area contributed by atoms with Crippen LogP contribution < -0.4 is 5.32 Å². The summed E-state index contributed by atoms with van der Waals surface area (Å²) in [7, 11) is 1.67. The molecule has 0 amide bonds. The molecule has 0 aliphatic heterocycles. The van der Waals surface area contributed by atoms with Crippen LogP contribution in [0.1, 0.15) is 12.5 Å². The van der Waals surface area contributed by atoms with Crippen LogP contribution in [0.4, 0.5) is 0 Å². The molecule has 4 nitrogen and oxygen atoms in total. The number of fused-ring (bicyclic) bond motifs is 1. The molecule has 0 aliphatic carbocycles. The lowest BCUT2D eigenvalue weighted by molar-refractivity contribution is -0.143. The third kappa shape index (κ3) is 2.03. The average Bonchev–Trinajstić information content (AvgIpc) is 2.72. The summed E-state index contributed by atoms with van der Waals surface area (Å²) >= 11 is 0. The zero-order chi connectivity index (χ0) is 12.5. The molecule has 2 aromatic rings. The van der Waals surface area contributed by atoms with E-state index in [1.807, 2.05) is 30.5 Å². The monoisotopic (exact) mass is 232 g/mol. The van der Waals surface area contributed by atoms with Crippen LogP contribution in [0.5, 0.6) is 0 Å². The van der Waals surface area contributed by atoms with Gasteiger partial charge in [0.05, 0.1) is 0 Å². The van der Waals surface area contributed by atoms with E-state index in [0.29, 0.717) is 6.42 Å². The predicted octanol–water partition coefficient (Wildman–Crippen LogP) is 1.77. The minimum absolute atomic E-state index is 0.447. The second-order valence-corrected chi connectivity index (χ2v) is 4.42. The minimum atomic E-state index is -0.940. The molecule has 4 heteroatoms. The summed E-state index contributed by atoms with van der Waals surface area (Å²) in [4.78, 5) is 14.4. The SMILES string of the molecule is CNC(C)(Cc1c[nH]c2ccccc12)C(=O)O. The van der Waals surface area contributed by atoms with E-state index < -0.39 is 11.5 Å². The van der Waals surface area contributed by atoms with E-state index >= 15 is 0 Å². The molecule has 2 rings (SSSR count). The molecule has 0 bridgehead atoms. The highest BCUT2D eigenvalue weighted by atomic mass is 16.4. The highest BCUT2D eigenvalue weighted by molar-refractivity contribution is 5.85. The largest absolute Gasteiger partial charge is 0.480 e. The van der Waals surface area contributed by atoms with Gasteiger partial charge in [0.1, 0.15) is 5.54 Å². The van der Waals surface area contributed by atoms with Crippen LogP contribution in [0.3, 0.4) is 0 Å². The number of carbonyl (C=O) groups is 1. The number of hydrogen-bond acceptors (Lipinski definition) is 2. The van der Waals surface area contributed by atoms with E-state index in [1.165, 1.54) is 0 Å². The minimum Gasteiger partial charge on any atom is -0.480 e. The molecule has 1 aromatic heterocycles. The molecule has 1 aromatic carbocycles. The number of para-hydroxylation sites is 1. The van der Waals surface area contributed by atoms with Crippen LogP contribution in [0.25, 0.3) is 10.9 Å². The number of rotatable bonds is 4. The molecular formula is C13H16N2O2. The summed E-state index contributed by atoms with van der Waals surface area (Å²) in [6, 6.07) is 7.89. The summed E-state index contributed by atoms with van der Waals surface area (Å²) in [5.74, 6) is -0.842. The number of carboxylic acids is 1.